The molecule has 2 heterocycles. The van der Waals surface area contributed by atoms with E-state index in [1.165, 1.54) is 6.26 Å². The van der Waals surface area contributed by atoms with Gasteiger partial charge in [0.15, 0.2) is 0 Å². The fourth-order valence-electron chi connectivity index (χ4n) is 2.30. The van der Waals surface area contributed by atoms with Crippen molar-refractivity contribution in [2.45, 2.75) is 19.6 Å². The molecule has 1 amide bonds. The van der Waals surface area contributed by atoms with Crippen LogP contribution >= 0.6 is 0 Å². The van der Waals surface area contributed by atoms with E-state index in [1.807, 2.05) is 30.3 Å². The lowest BCUT2D eigenvalue weighted by atomic mass is 10.2. The van der Waals surface area contributed by atoms with Crippen LogP contribution in [0.5, 0.6) is 0 Å². The topological polar surface area (TPSA) is 55.8 Å². The Kier molecular flexibility index (Phi) is 3.48. The second-order valence-corrected chi connectivity index (χ2v) is 4.94. The number of carbonyl (C=O) groups is 2. The lowest BCUT2D eigenvalue weighted by molar-refractivity contribution is -0.152. The highest BCUT2D eigenvalue weighted by Crippen LogP contribution is 2.25. The van der Waals surface area contributed by atoms with Gasteiger partial charge in [0, 0.05) is 23.9 Å². The molecule has 1 aromatic carbocycles. The standard InChI is InChI=1S/C16H15NO4/c1-11-9-14(21-16(11)19)20-10-12-7-8-17(15(12)18)13-5-3-2-4-6-13/h2-6,9-10,14H,7-8H2,1H3. The molecule has 2 aliphatic rings. The highest BCUT2D eigenvalue weighted by Gasteiger charge is 2.28. The Balaban J connectivity index is 1.67. The Labute approximate surface area is 122 Å². The van der Waals surface area contributed by atoms with Gasteiger partial charge < -0.3 is 14.4 Å². The molecule has 5 heteroatoms. The van der Waals surface area contributed by atoms with Gasteiger partial charge in [-0.2, -0.15) is 0 Å². The predicted molar refractivity (Wildman–Crippen MR) is 76.2 cm³/mol. The van der Waals surface area contributed by atoms with E-state index in [4.69, 9.17) is 9.47 Å². The normalized spacial score (nSPS) is 23.5. The molecule has 108 valence electrons. The largest absolute Gasteiger partial charge is 0.458 e. The molecule has 0 N–H and O–H groups in total. The summed E-state index contributed by atoms with van der Waals surface area (Å²) in [5, 5.41) is 0. The van der Waals surface area contributed by atoms with Crippen LogP contribution in [0, 0.1) is 0 Å². The predicted octanol–water partition coefficient (Wildman–Crippen LogP) is 2.15. The van der Waals surface area contributed by atoms with Crippen LogP contribution in [0.15, 0.2) is 53.8 Å². The summed E-state index contributed by atoms with van der Waals surface area (Å²) < 4.78 is 10.3. The van der Waals surface area contributed by atoms with Crippen molar-refractivity contribution in [3.05, 3.63) is 53.8 Å². The van der Waals surface area contributed by atoms with E-state index >= 15 is 0 Å². The maximum atomic E-state index is 12.3. The Morgan fingerprint density at radius 2 is 2.05 bits per heavy atom. The first-order valence-electron chi connectivity index (χ1n) is 6.76. The molecule has 0 radical (unpaired) electrons. The zero-order valence-electron chi connectivity index (χ0n) is 11.6. The van der Waals surface area contributed by atoms with Gasteiger partial charge >= 0.3 is 5.97 Å². The number of para-hydroxylation sites is 1. The van der Waals surface area contributed by atoms with E-state index < -0.39 is 6.29 Å². The first-order valence-corrected chi connectivity index (χ1v) is 6.76. The third-order valence-electron chi connectivity index (χ3n) is 3.47. The molecule has 21 heavy (non-hydrogen) atoms. The Hall–Kier alpha value is -2.56. The molecule has 0 aromatic heterocycles. The Morgan fingerprint density at radius 3 is 2.71 bits per heavy atom. The minimum Gasteiger partial charge on any atom is -0.458 e. The molecule has 5 nitrogen and oxygen atoms in total. The van der Waals surface area contributed by atoms with Crippen LogP contribution in [-0.2, 0) is 19.1 Å². The fourth-order valence-corrected chi connectivity index (χ4v) is 2.30. The minimum absolute atomic E-state index is 0.0776. The average Bonchev–Trinajstić information content (AvgIpc) is 3.01. The van der Waals surface area contributed by atoms with Crippen LogP contribution in [0.25, 0.3) is 0 Å². The van der Waals surface area contributed by atoms with Gasteiger partial charge in [-0.15, -0.1) is 0 Å². The number of amides is 1. The van der Waals surface area contributed by atoms with Crippen molar-refractivity contribution in [1.29, 1.82) is 0 Å². The molecule has 1 unspecified atom stereocenters. The Bertz CT molecular complexity index is 633. The van der Waals surface area contributed by atoms with E-state index in [2.05, 4.69) is 0 Å². The number of esters is 1. The van der Waals surface area contributed by atoms with Gasteiger partial charge in [-0.1, -0.05) is 18.2 Å². The zero-order valence-corrected chi connectivity index (χ0v) is 11.6. The van der Waals surface area contributed by atoms with Crippen molar-refractivity contribution in [3.63, 3.8) is 0 Å². The van der Waals surface area contributed by atoms with Gasteiger partial charge in [-0.3, -0.25) is 4.79 Å². The van der Waals surface area contributed by atoms with Gasteiger partial charge in [-0.25, -0.2) is 4.79 Å². The van der Waals surface area contributed by atoms with Crippen molar-refractivity contribution in [2.75, 3.05) is 11.4 Å². The van der Waals surface area contributed by atoms with Crippen LogP contribution in [0.4, 0.5) is 5.69 Å². The number of hydrogen-bond acceptors (Lipinski definition) is 4. The summed E-state index contributed by atoms with van der Waals surface area (Å²) in [6, 6.07) is 9.49. The van der Waals surface area contributed by atoms with Crippen molar-refractivity contribution < 1.29 is 19.1 Å². The van der Waals surface area contributed by atoms with E-state index in [0.717, 1.165) is 5.69 Å². The van der Waals surface area contributed by atoms with E-state index in [0.29, 0.717) is 24.1 Å². The summed E-state index contributed by atoms with van der Waals surface area (Å²) in [4.78, 5) is 25.2. The summed E-state index contributed by atoms with van der Waals surface area (Å²) in [5.74, 6) is -0.465. The lowest BCUT2D eigenvalue weighted by Crippen LogP contribution is -2.24. The molecule has 2 aliphatic heterocycles. The highest BCUT2D eigenvalue weighted by molar-refractivity contribution is 6.07. The van der Waals surface area contributed by atoms with Crippen molar-refractivity contribution >= 4 is 17.6 Å². The number of carbonyl (C=O) groups excluding carboxylic acids is 2. The van der Waals surface area contributed by atoms with Crippen LogP contribution in [0.3, 0.4) is 0 Å². The van der Waals surface area contributed by atoms with E-state index in [-0.39, 0.29) is 11.9 Å². The number of nitrogens with zero attached hydrogens (tertiary/aromatic N) is 1. The molecule has 0 aliphatic carbocycles. The number of anilines is 1. The van der Waals surface area contributed by atoms with Crippen molar-refractivity contribution in [1.82, 2.24) is 0 Å². The fraction of sp³-hybridized carbons (Fsp3) is 0.250. The third-order valence-corrected chi connectivity index (χ3v) is 3.47. The van der Waals surface area contributed by atoms with Crippen molar-refractivity contribution in [3.8, 4) is 0 Å². The van der Waals surface area contributed by atoms with Crippen molar-refractivity contribution in [2.24, 2.45) is 0 Å². The Morgan fingerprint density at radius 1 is 1.29 bits per heavy atom. The number of benzene rings is 1. The summed E-state index contributed by atoms with van der Waals surface area (Å²) in [6.07, 6.45) is 2.87. The molecule has 1 atom stereocenters. The summed E-state index contributed by atoms with van der Waals surface area (Å²) in [6.45, 7) is 2.29. The quantitative estimate of drug-likeness (QED) is 0.485. The number of ether oxygens (including phenoxy) is 2. The molecule has 0 bridgehead atoms. The summed E-state index contributed by atoms with van der Waals surface area (Å²) in [5.41, 5.74) is 1.96. The van der Waals surface area contributed by atoms with Crippen LogP contribution < -0.4 is 4.90 Å². The first-order chi connectivity index (χ1) is 10.1. The first kappa shape index (κ1) is 13.4. The number of hydrogen-bond donors (Lipinski definition) is 0. The second-order valence-electron chi connectivity index (χ2n) is 4.94. The van der Waals surface area contributed by atoms with E-state index in [9.17, 15) is 9.59 Å². The summed E-state index contributed by atoms with van der Waals surface area (Å²) in [7, 11) is 0. The molecule has 1 fully saturated rings. The molecule has 3 rings (SSSR count). The average molecular weight is 285 g/mol. The van der Waals surface area contributed by atoms with Gasteiger partial charge in [-0.05, 0) is 25.5 Å². The van der Waals surface area contributed by atoms with Gasteiger partial charge in [0.05, 0.1) is 11.8 Å². The van der Waals surface area contributed by atoms with Gasteiger partial charge in [0.2, 0.25) is 0 Å². The molecular formula is C16H15NO4. The monoisotopic (exact) mass is 285 g/mol. The van der Waals surface area contributed by atoms with Gasteiger partial charge in [0.25, 0.3) is 12.2 Å². The van der Waals surface area contributed by atoms with E-state index in [1.54, 1.807) is 17.9 Å². The third kappa shape index (κ3) is 2.67. The molecule has 1 saturated heterocycles. The molecular weight excluding hydrogens is 270 g/mol. The minimum atomic E-state index is -0.733. The van der Waals surface area contributed by atoms with Gasteiger partial charge in [0.1, 0.15) is 0 Å². The lowest BCUT2D eigenvalue weighted by Gasteiger charge is -2.14. The second kappa shape index (κ2) is 5.44. The maximum absolute atomic E-state index is 12.3. The smallest absolute Gasteiger partial charge is 0.336 e. The maximum Gasteiger partial charge on any atom is 0.336 e. The molecule has 1 aromatic rings. The molecule has 0 spiro atoms. The van der Waals surface area contributed by atoms with Crippen LogP contribution in [0.2, 0.25) is 0 Å². The molecule has 0 saturated carbocycles. The zero-order chi connectivity index (χ0) is 14.8. The number of rotatable bonds is 3. The number of cyclic esters (lactones) is 1. The SMILES string of the molecule is CC1=CC(OC=C2CCN(c3ccccc3)C2=O)OC1=O. The van der Waals surface area contributed by atoms with Crippen LogP contribution in [0.1, 0.15) is 13.3 Å². The highest BCUT2D eigenvalue weighted by atomic mass is 16.7. The summed E-state index contributed by atoms with van der Waals surface area (Å²) >= 11 is 0. The van der Waals surface area contributed by atoms with Crippen LogP contribution in [-0.4, -0.2) is 24.7 Å².